The lowest BCUT2D eigenvalue weighted by atomic mass is 10.1. The maximum Gasteiger partial charge on any atom is 0.259 e. The minimum Gasteiger partial charge on any atom is -0.494 e. The molecule has 8 nitrogen and oxygen atoms in total. The molecule has 1 aliphatic heterocycles. The smallest absolute Gasteiger partial charge is 0.259 e. The molecule has 3 N–H and O–H groups in total. The van der Waals surface area contributed by atoms with Crippen LogP contribution < -0.4 is 15.4 Å². The second-order valence-corrected chi connectivity index (χ2v) is 8.69. The number of hydrogen-bond acceptors (Lipinski definition) is 5. The summed E-state index contributed by atoms with van der Waals surface area (Å²) in [7, 11) is 1.35. The molecular weight excluding hydrogens is 497 g/mol. The van der Waals surface area contributed by atoms with E-state index in [9.17, 15) is 14.0 Å². The van der Waals surface area contributed by atoms with Gasteiger partial charge in [-0.2, -0.15) is 0 Å². The number of ether oxygens (including phenoxy) is 1. The molecule has 3 aromatic rings. The number of carbonyl (C=O) groups excluding carboxylic acids is 2. The predicted octanol–water partition coefficient (Wildman–Crippen LogP) is 4.79. The van der Waals surface area contributed by atoms with Gasteiger partial charge in [0.1, 0.15) is 23.2 Å². The lowest BCUT2D eigenvalue weighted by molar-refractivity contribution is 0.102. The Kier molecular flexibility index (Phi) is 7.70. The highest BCUT2D eigenvalue weighted by molar-refractivity contribution is 6.31. The molecular formula is C27H23ClFN5O3. The van der Waals surface area contributed by atoms with E-state index in [1.54, 1.807) is 6.07 Å². The number of terminal acetylenes is 1. The maximum atomic E-state index is 15.0. The van der Waals surface area contributed by atoms with E-state index in [4.69, 9.17) is 28.2 Å². The Morgan fingerprint density at radius 3 is 2.46 bits per heavy atom. The zero-order chi connectivity index (χ0) is 26.5. The third kappa shape index (κ3) is 5.71. The predicted molar refractivity (Wildman–Crippen MR) is 140 cm³/mol. The molecule has 188 valence electrons. The molecule has 4 rings (SSSR count). The van der Waals surface area contributed by atoms with Gasteiger partial charge in [-0.3, -0.25) is 15.0 Å². The van der Waals surface area contributed by atoms with E-state index in [1.807, 2.05) is 4.90 Å². The summed E-state index contributed by atoms with van der Waals surface area (Å²) in [5, 5.41) is 13.7. The summed E-state index contributed by atoms with van der Waals surface area (Å²) in [6, 6.07) is 9.91. The quantitative estimate of drug-likeness (QED) is 0.246. The van der Waals surface area contributed by atoms with Crippen molar-refractivity contribution in [2.24, 2.45) is 0 Å². The average molecular weight is 520 g/mol. The molecule has 0 spiro atoms. The van der Waals surface area contributed by atoms with E-state index >= 15 is 0 Å². The van der Waals surface area contributed by atoms with Gasteiger partial charge >= 0.3 is 0 Å². The van der Waals surface area contributed by atoms with Crippen LogP contribution >= 0.6 is 11.6 Å². The lowest BCUT2D eigenvalue weighted by Crippen LogP contribution is -2.28. The molecule has 0 saturated carbocycles. The topological polar surface area (TPSA) is 107 Å². The molecule has 0 unspecified atom stereocenters. The van der Waals surface area contributed by atoms with Crippen molar-refractivity contribution in [3.63, 3.8) is 0 Å². The molecule has 0 bridgehead atoms. The van der Waals surface area contributed by atoms with Gasteiger partial charge < -0.3 is 20.3 Å². The molecule has 1 fully saturated rings. The SMILES string of the molecule is C#Cc1ccc(NC(=O)c2cc(Cl)cc(OC)c2NC(=O)c2ccc(C(=N)N3CCCC3)cc2F)nc1. The summed E-state index contributed by atoms with van der Waals surface area (Å²) in [6.07, 6.45) is 8.72. The van der Waals surface area contributed by atoms with Crippen LogP contribution in [-0.2, 0) is 0 Å². The lowest BCUT2D eigenvalue weighted by Gasteiger charge is -2.19. The maximum absolute atomic E-state index is 15.0. The highest BCUT2D eigenvalue weighted by atomic mass is 35.5. The number of methoxy groups -OCH3 is 1. The minimum atomic E-state index is -0.803. The van der Waals surface area contributed by atoms with Gasteiger partial charge in [0.05, 0.1) is 23.9 Å². The van der Waals surface area contributed by atoms with Crippen LogP contribution in [0.15, 0.2) is 48.7 Å². The highest BCUT2D eigenvalue weighted by Crippen LogP contribution is 2.33. The van der Waals surface area contributed by atoms with E-state index in [1.165, 1.54) is 43.6 Å². The molecule has 2 aromatic carbocycles. The number of nitrogens with zero attached hydrogens (tertiary/aromatic N) is 2. The Balaban J connectivity index is 1.60. The van der Waals surface area contributed by atoms with Crippen LogP contribution in [0.1, 0.15) is 44.7 Å². The van der Waals surface area contributed by atoms with E-state index in [2.05, 4.69) is 21.5 Å². The second kappa shape index (κ2) is 11.1. The van der Waals surface area contributed by atoms with E-state index in [0.717, 1.165) is 32.0 Å². The molecule has 0 radical (unpaired) electrons. The number of pyridine rings is 1. The van der Waals surface area contributed by atoms with Gasteiger partial charge in [0.15, 0.2) is 0 Å². The van der Waals surface area contributed by atoms with Crippen molar-refractivity contribution in [2.45, 2.75) is 12.8 Å². The zero-order valence-electron chi connectivity index (χ0n) is 19.9. The summed E-state index contributed by atoms with van der Waals surface area (Å²) in [5.74, 6) is 0.748. The molecule has 2 heterocycles. The fourth-order valence-electron chi connectivity index (χ4n) is 3.94. The van der Waals surface area contributed by atoms with E-state index in [-0.39, 0.29) is 39.2 Å². The number of benzene rings is 2. The highest BCUT2D eigenvalue weighted by Gasteiger charge is 2.23. The first kappa shape index (κ1) is 25.7. The summed E-state index contributed by atoms with van der Waals surface area (Å²) in [6.45, 7) is 1.49. The van der Waals surface area contributed by atoms with Crippen LogP contribution in [0.2, 0.25) is 5.02 Å². The van der Waals surface area contributed by atoms with Crippen molar-refractivity contribution in [3.05, 3.63) is 81.8 Å². The largest absolute Gasteiger partial charge is 0.494 e. The Morgan fingerprint density at radius 2 is 1.84 bits per heavy atom. The Labute approximate surface area is 218 Å². The zero-order valence-corrected chi connectivity index (χ0v) is 20.7. The molecule has 1 aromatic heterocycles. The van der Waals surface area contributed by atoms with Crippen molar-refractivity contribution >= 4 is 40.8 Å². The number of likely N-dealkylation sites (tertiary alicyclic amines) is 1. The van der Waals surface area contributed by atoms with Crippen LogP contribution in [0.4, 0.5) is 15.9 Å². The number of anilines is 2. The van der Waals surface area contributed by atoms with Crippen molar-refractivity contribution in [3.8, 4) is 18.1 Å². The first-order valence-electron chi connectivity index (χ1n) is 11.4. The van der Waals surface area contributed by atoms with E-state index in [0.29, 0.717) is 11.1 Å². The van der Waals surface area contributed by atoms with Crippen molar-refractivity contribution in [2.75, 3.05) is 30.8 Å². The van der Waals surface area contributed by atoms with Gasteiger partial charge in [-0.1, -0.05) is 23.6 Å². The van der Waals surface area contributed by atoms with Crippen molar-refractivity contribution < 1.29 is 18.7 Å². The van der Waals surface area contributed by atoms with Crippen LogP contribution in [0, 0.1) is 23.6 Å². The Morgan fingerprint density at radius 1 is 1.11 bits per heavy atom. The third-order valence-electron chi connectivity index (χ3n) is 5.85. The normalized spacial score (nSPS) is 12.5. The Hall–Kier alpha value is -4.42. The first-order valence-corrected chi connectivity index (χ1v) is 11.7. The number of rotatable bonds is 6. The van der Waals surface area contributed by atoms with Gasteiger partial charge in [0.25, 0.3) is 11.8 Å². The third-order valence-corrected chi connectivity index (χ3v) is 6.07. The fraction of sp³-hybridized carbons (Fsp3) is 0.185. The molecule has 37 heavy (non-hydrogen) atoms. The molecule has 1 saturated heterocycles. The molecule has 2 amide bonds. The summed E-state index contributed by atoms with van der Waals surface area (Å²) in [5.41, 5.74) is 0.645. The number of amidine groups is 1. The molecule has 10 heteroatoms. The summed E-state index contributed by atoms with van der Waals surface area (Å²) < 4.78 is 20.3. The average Bonchev–Trinajstić information content (AvgIpc) is 3.44. The van der Waals surface area contributed by atoms with Crippen LogP contribution in [0.3, 0.4) is 0 Å². The molecule has 0 aliphatic carbocycles. The number of amides is 2. The van der Waals surface area contributed by atoms with Gasteiger partial charge in [-0.25, -0.2) is 9.37 Å². The van der Waals surface area contributed by atoms with Crippen LogP contribution in [-0.4, -0.2) is 47.7 Å². The monoisotopic (exact) mass is 519 g/mol. The number of hydrogen-bond donors (Lipinski definition) is 3. The van der Waals surface area contributed by atoms with Gasteiger partial charge in [0.2, 0.25) is 0 Å². The fourth-order valence-corrected chi connectivity index (χ4v) is 4.15. The standard InChI is InChI=1S/C27H23ClFN5O3/c1-3-16-6-9-23(31-15-16)32-27(36)20-13-18(28)14-22(37-2)24(20)33-26(35)19-8-7-17(12-21(19)29)25(30)34-10-4-5-11-34/h1,6-9,12-15,30H,4-5,10-11H2,2H3,(H,33,35)(H,31,32,36). The molecule has 1 aliphatic rings. The number of aromatic nitrogens is 1. The number of nitrogens with one attached hydrogen (secondary N) is 3. The second-order valence-electron chi connectivity index (χ2n) is 8.25. The van der Waals surface area contributed by atoms with Gasteiger partial charge in [-0.05, 0) is 43.2 Å². The van der Waals surface area contributed by atoms with Crippen molar-refractivity contribution in [1.82, 2.24) is 9.88 Å². The number of carbonyl (C=O) groups is 2. The van der Waals surface area contributed by atoms with Gasteiger partial charge in [0, 0.05) is 41.5 Å². The summed E-state index contributed by atoms with van der Waals surface area (Å²) in [4.78, 5) is 32.1. The first-order chi connectivity index (χ1) is 17.8. The van der Waals surface area contributed by atoms with E-state index < -0.39 is 17.6 Å². The molecule has 0 atom stereocenters. The number of halogens is 2. The Bertz CT molecular complexity index is 1410. The minimum absolute atomic E-state index is 0.00271. The van der Waals surface area contributed by atoms with Crippen molar-refractivity contribution in [1.29, 1.82) is 5.41 Å². The van der Waals surface area contributed by atoms with Crippen LogP contribution in [0.25, 0.3) is 0 Å². The van der Waals surface area contributed by atoms with Gasteiger partial charge in [-0.15, -0.1) is 6.42 Å². The summed E-state index contributed by atoms with van der Waals surface area (Å²) >= 11 is 6.17. The van der Waals surface area contributed by atoms with Crippen LogP contribution in [0.5, 0.6) is 5.75 Å².